The van der Waals surface area contributed by atoms with Crippen LogP contribution in [0.4, 0.5) is 0 Å². The molecule has 0 aliphatic carbocycles. The van der Waals surface area contributed by atoms with E-state index in [0.29, 0.717) is 16.5 Å². The third-order valence-electron chi connectivity index (χ3n) is 3.22. The summed E-state index contributed by atoms with van der Waals surface area (Å²) < 4.78 is 1.08. The van der Waals surface area contributed by atoms with Gasteiger partial charge in [-0.25, -0.2) is 0 Å². The normalized spacial score (nSPS) is 12.4. The van der Waals surface area contributed by atoms with Crippen molar-refractivity contribution in [3.05, 3.63) is 67.6 Å². The average Bonchev–Trinajstić information content (AvgIpc) is 2.43. The van der Waals surface area contributed by atoms with Crippen LogP contribution >= 0.6 is 39.1 Å². The molecule has 0 radical (unpaired) electrons. The van der Waals surface area contributed by atoms with Crippen LogP contribution in [0, 0.1) is 6.92 Å². The average molecular weight is 374 g/mol. The Hall–Kier alpha value is -0.580. The topological polar surface area (TPSA) is 38.0 Å². The van der Waals surface area contributed by atoms with Crippen molar-refractivity contribution in [3.8, 4) is 0 Å². The van der Waals surface area contributed by atoms with E-state index in [0.717, 1.165) is 15.6 Å². The highest BCUT2D eigenvalue weighted by atomic mass is 79.9. The van der Waals surface area contributed by atoms with Gasteiger partial charge in [-0.2, -0.15) is 0 Å². The summed E-state index contributed by atoms with van der Waals surface area (Å²) in [5.41, 5.74) is 6.10. The summed E-state index contributed by atoms with van der Waals surface area (Å²) >= 11 is 15.7. The Bertz CT molecular complexity index is 617. The first kappa shape index (κ1) is 15.8. The molecule has 0 amide bonds. The van der Waals surface area contributed by atoms with Crippen LogP contribution in [-0.2, 0) is 6.42 Å². The number of hydrogen-bond acceptors (Lipinski definition) is 2. The van der Waals surface area contributed by atoms with Crippen molar-refractivity contribution in [2.45, 2.75) is 19.4 Å². The molecule has 0 saturated carbocycles. The molecule has 0 saturated heterocycles. The van der Waals surface area contributed by atoms with Gasteiger partial charge in [0.25, 0.3) is 0 Å². The van der Waals surface area contributed by atoms with Gasteiger partial charge in [0, 0.05) is 14.5 Å². The van der Waals surface area contributed by atoms with Gasteiger partial charge >= 0.3 is 0 Å². The van der Waals surface area contributed by atoms with Gasteiger partial charge in [-0.1, -0.05) is 51.3 Å². The maximum absolute atomic E-state index is 6.21. The molecule has 5 heteroatoms. The second-order valence-electron chi connectivity index (χ2n) is 4.67. The minimum Gasteiger partial charge on any atom is -0.271 e. The van der Waals surface area contributed by atoms with Crippen molar-refractivity contribution in [1.82, 2.24) is 5.43 Å². The lowest BCUT2D eigenvalue weighted by molar-refractivity contribution is 0.551. The van der Waals surface area contributed by atoms with Gasteiger partial charge in [0.1, 0.15) is 0 Å². The molecule has 2 aromatic rings. The molecular weight excluding hydrogens is 359 g/mol. The van der Waals surface area contributed by atoms with Gasteiger partial charge in [0.2, 0.25) is 0 Å². The SMILES string of the molecule is Cc1cc(C(Cc2cc(Cl)ccc2Cl)NN)ccc1Br. The van der Waals surface area contributed by atoms with E-state index in [1.54, 1.807) is 12.1 Å². The van der Waals surface area contributed by atoms with Crippen molar-refractivity contribution >= 4 is 39.1 Å². The fraction of sp³-hybridized carbons (Fsp3) is 0.200. The van der Waals surface area contributed by atoms with Gasteiger partial charge in [0.15, 0.2) is 0 Å². The zero-order valence-electron chi connectivity index (χ0n) is 11.0. The quantitative estimate of drug-likeness (QED) is 0.596. The Morgan fingerprint density at radius 2 is 1.95 bits per heavy atom. The minimum atomic E-state index is -0.0160. The van der Waals surface area contributed by atoms with Gasteiger partial charge < -0.3 is 0 Å². The van der Waals surface area contributed by atoms with Crippen molar-refractivity contribution < 1.29 is 0 Å². The van der Waals surface area contributed by atoms with Crippen LogP contribution in [0.15, 0.2) is 40.9 Å². The predicted molar refractivity (Wildman–Crippen MR) is 89.1 cm³/mol. The highest BCUT2D eigenvalue weighted by Gasteiger charge is 2.13. The minimum absolute atomic E-state index is 0.0160. The molecule has 2 nitrogen and oxygen atoms in total. The van der Waals surface area contributed by atoms with Crippen LogP contribution < -0.4 is 11.3 Å². The summed E-state index contributed by atoms with van der Waals surface area (Å²) in [6.45, 7) is 2.05. The highest BCUT2D eigenvalue weighted by molar-refractivity contribution is 9.10. The van der Waals surface area contributed by atoms with Crippen LogP contribution in [-0.4, -0.2) is 0 Å². The van der Waals surface area contributed by atoms with Crippen molar-refractivity contribution in [2.24, 2.45) is 5.84 Å². The van der Waals surface area contributed by atoms with Gasteiger partial charge in [-0.05, 0) is 54.3 Å². The Balaban J connectivity index is 2.28. The lowest BCUT2D eigenvalue weighted by atomic mass is 9.98. The van der Waals surface area contributed by atoms with Crippen LogP contribution in [0.3, 0.4) is 0 Å². The van der Waals surface area contributed by atoms with E-state index in [2.05, 4.69) is 27.4 Å². The molecule has 20 heavy (non-hydrogen) atoms. The van der Waals surface area contributed by atoms with Gasteiger partial charge in [-0.3, -0.25) is 11.3 Å². The van der Waals surface area contributed by atoms with E-state index >= 15 is 0 Å². The molecular formula is C15H15BrCl2N2. The summed E-state index contributed by atoms with van der Waals surface area (Å²) in [6, 6.07) is 11.6. The molecule has 106 valence electrons. The highest BCUT2D eigenvalue weighted by Crippen LogP contribution is 2.27. The first-order valence-electron chi connectivity index (χ1n) is 6.17. The van der Waals surface area contributed by atoms with E-state index < -0.39 is 0 Å². The summed E-state index contributed by atoms with van der Waals surface area (Å²) in [6.07, 6.45) is 0.678. The number of rotatable bonds is 4. The third-order valence-corrected chi connectivity index (χ3v) is 4.71. The van der Waals surface area contributed by atoms with Crippen molar-refractivity contribution in [1.29, 1.82) is 0 Å². The van der Waals surface area contributed by atoms with E-state index in [1.807, 2.05) is 25.1 Å². The molecule has 0 bridgehead atoms. The first-order valence-corrected chi connectivity index (χ1v) is 7.72. The van der Waals surface area contributed by atoms with Crippen LogP contribution in [0.1, 0.15) is 22.7 Å². The number of nitrogens with one attached hydrogen (secondary N) is 1. The summed E-state index contributed by atoms with van der Waals surface area (Å²) in [4.78, 5) is 0. The van der Waals surface area contributed by atoms with Gasteiger partial charge in [-0.15, -0.1) is 0 Å². The second kappa shape index (κ2) is 6.92. The van der Waals surface area contributed by atoms with E-state index in [4.69, 9.17) is 29.0 Å². The number of hydrogen-bond donors (Lipinski definition) is 2. The predicted octanol–water partition coefficient (Wildman–Crippen LogP) is 4.81. The summed E-state index contributed by atoms with van der Waals surface area (Å²) in [5.74, 6) is 5.69. The molecule has 0 aromatic heterocycles. The van der Waals surface area contributed by atoms with Crippen molar-refractivity contribution in [2.75, 3.05) is 0 Å². The second-order valence-corrected chi connectivity index (χ2v) is 6.37. The lowest BCUT2D eigenvalue weighted by Gasteiger charge is -2.18. The van der Waals surface area contributed by atoms with E-state index in [-0.39, 0.29) is 6.04 Å². The molecule has 1 atom stereocenters. The van der Waals surface area contributed by atoms with E-state index in [9.17, 15) is 0 Å². The molecule has 3 N–H and O–H groups in total. The fourth-order valence-electron chi connectivity index (χ4n) is 2.08. The lowest BCUT2D eigenvalue weighted by Crippen LogP contribution is -2.29. The summed E-state index contributed by atoms with van der Waals surface area (Å²) in [5, 5.41) is 1.37. The molecule has 0 heterocycles. The van der Waals surface area contributed by atoms with Crippen molar-refractivity contribution in [3.63, 3.8) is 0 Å². The Labute approximate surface area is 137 Å². The number of nitrogens with two attached hydrogens (primary N) is 1. The Morgan fingerprint density at radius 3 is 2.60 bits per heavy atom. The van der Waals surface area contributed by atoms with Crippen LogP contribution in [0.25, 0.3) is 0 Å². The molecule has 0 aliphatic heterocycles. The third kappa shape index (κ3) is 3.74. The molecule has 0 fully saturated rings. The Kier molecular flexibility index (Phi) is 5.47. The largest absolute Gasteiger partial charge is 0.271 e. The standard InChI is InChI=1S/C15H15BrCl2N2/c1-9-6-10(2-4-13(9)16)15(20-19)8-11-7-12(17)3-5-14(11)18/h2-7,15,20H,8,19H2,1H3. The number of aryl methyl sites for hydroxylation is 1. The maximum atomic E-state index is 6.21. The monoisotopic (exact) mass is 372 g/mol. The van der Waals surface area contributed by atoms with Gasteiger partial charge in [0.05, 0.1) is 6.04 Å². The van der Waals surface area contributed by atoms with Crippen LogP contribution in [0.2, 0.25) is 10.0 Å². The fourth-order valence-corrected chi connectivity index (χ4v) is 2.71. The first-order chi connectivity index (χ1) is 9.51. The molecule has 0 aliphatic rings. The number of benzene rings is 2. The molecule has 2 rings (SSSR count). The number of hydrazine groups is 1. The Morgan fingerprint density at radius 1 is 1.20 bits per heavy atom. The molecule has 1 unspecified atom stereocenters. The zero-order chi connectivity index (χ0) is 14.7. The van der Waals surface area contributed by atoms with Crippen LogP contribution in [0.5, 0.6) is 0 Å². The zero-order valence-corrected chi connectivity index (χ0v) is 14.1. The molecule has 2 aromatic carbocycles. The van der Waals surface area contributed by atoms with E-state index in [1.165, 1.54) is 5.56 Å². The number of halogens is 3. The molecule has 0 spiro atoms. The summed E-state index contributed by atoms with van der Waals surface area (Å²) in [7, 11) is 0. The maximum Gasteiger partial charge on any atom is 0.0500 e. The smallest absolute Gasteiger partial charge is 0.0500 e.